The van der Waals surface area contributed by atoms with E-state index in [0.29, 0.717) is 0 Å². The van der Waals surface area contributed by atoms with Crippen molar-refractivity contribution in [1.82, 2.24) is 0 Å². The van der Waals surface area contributed by atoms with Crippen molar-refractivity contribution >= 4 is 11.0 Å². The lowest BCUT2D eigenvalue weighted by Crippen LogP contribution is -2.60. The Bertz CT molecular complexity index is 1460. The smallest absolute Gasteiger partial charge is 0.239 e. The van der Waals surface area contributed by atoms with E-state index in [9.17, 15) is 50.8 Å². The first-order valence-corrected chi connectivity index (χ1v) is 12.4. The van der Waals surface area contributed by atoms with Crippen LogP contribution in [0.1, 0.15) is 0 Å². The molecule has 3 aromatic rings. The SMILES string of the molecule is O=c1c(O[C@@H]2O[C@H](CO[C@H]3OC[C@](O)(CO)[C@@H]3O)[C@@H](O)[C@H](O)[C@H]2O)c(-c2ccc(O)cc2)oc2cc(O)cc(O)c12. The fourth-order valence-electron chi connectivity index (χ4n) is 4.57. The molecule has 2 aliphatic heterocycles. The van der Waals surface area contributed by atoms with Crippen LogP contribution in [-0.2, 0) is 14.2 Å². The zero-order chi connectivity index (χ0) is 29.6. The van der Waals surface area contributed by atoms with Gasteiger partial charge in [0.15, 0.2) is 12.1 Å². The summed E-state index contributed by atoms with van der Waals surface area (Å²) in [6, 6.07) is 7.33. The lowest BCUT2D eigenvalue weighted by atomic mass is 9.99. The van der Waals surface area contributed by atoms with Gasteiger partial charge in [-0.15, -0.1) is 0 Å². The van der Waals surface area contributed by atoms with E-state index in [2.05, 4.69) is 0 Å². The molecule has 1 aromatic heterocycles. The number of hydrogen-bond donors (Lipinski definition) is 9. The van der Waals surface area contributed by atoms with Gasteiger partial charge in [0, 0.05) is 17.7 Å². The summed E-state index contributed by atoms with van der Waals surface area (Å²) in [6.07, 6.45) is -11.9. The molecule has 5 rings (SSSR count). The molecule has 2 saturated heterocycles. The number of benzene rings is 2. The number of hydrogen-bond acceptors (Lipinski definition) is 15. The third kappa shape index (κ3) is 5.30. The highest BCUT2D eigenvalue weighted by Gasteiger charge is 2.50. The number of aliphatic hydroxyl groups is 6. The van der Waals surface area contributed by atoms with Crippen molar-refractivity contribution in [3.8, 4) is 34.3 Å². The summed E-state index contributed by atoms with van der Waals surface area (Å²) in [6.45, 7) is -1.82. The van der Waals surface area contributed by atoms with Crippen molar-refractivity contribution in [1.29, 1.82) is 0 Å². The summed E-state index contributed by atoms with van der Waals surface area (Å²) in [5.74, 6) is -1.97. The summed E-state index contributed by atoms with van der Waals surface area (Å²) >= 11 is 0. The second kappa shape index (κ2) is 11.1. The van der Waals surface area contributed by atoms with E-state index in [1.54, 1.807) is 0 Å². The van der Waals surface area contributed by atoms with Crippen LogP contribution in [0.4, 0.5) is 0 Å². The third-order valence-electron chi connectivity index (χ3n) is 6.95. The maximum absolute atomic E-state index is 13.5. The summed E-state index contributed by atoms with van der Waals surface area (Å²) in [5.41, 5.74) is -2.93. The molecule has 2 aliphatic rings. The Morgan fingerprint density at radius 1 is 0.927 bits per heavy atom. The second-order valence-electron chi connectivity index (χ2n) is 9.83. The largest absolute Gasteiger partial charge is 0.508 e. The Balaban J connectivity index is 1.47. The van der Waals surface area contributed by atoms with Crippen LogP contribution in [-0.4, -0.2) is 114 Å². The van der Waals surface area contributed by atoms with Crippen molar-refractivity contribution in [2.45, 2.75) is 48.7 Å². The second-order valence-corrected chi connectivity index (χ2v) is 9.83. The summed E-state index contributed by atoms with van der Waals surface area (Å²) in [5, 5.41) is 90.7. The summed E-state index contributed by atoms with van der Waals surface area (Å²) < 4.78 is 27.6. The average molecular weight is 580 g/mol. The first-order chi connectivity index (χ1) is 19.4. The molecule has 41 heavy (non-hydrogen) atoms. The van der Waals surface area contributed by atoms with Gasteiger partial charge in [-0.25, -0.2) is 0 Å². The van der Waals surface area contributed by atoms with E-state index < -0.39 is 91.2 Å². The van der Waals surface area contributed by atoms with Crippen LogP contribution in [0.25, 0.3) is 22.3 Å². The van der Waals surface area contributed by atoms with Gasteiger partial charge in [-0.2, -0.15) is 0 Å². The minimum atomic E-state index is -1.98. The average Bonchev–Trinajstić information content (AvgIpc) is 3.23. The van der Waals surface area contributed by atoms with Crippen molar-refractivity contribution in [3.05, 3.63) is 46.6 Å². The minimum Gasteiger partial charge on any atom is -0.508 e. The molecule has 0 spiro atoms. The molecule has 0 bridgehead atoms. The third-order valence-corrected chi connectivity index (χ3v) is 6.95. The van der Waals surface area contributed by atoms with Crippen molar-refractivity contribution < 1.29 is 69.3 Å². The highest BCUT2D eigenvalue weighted by molar-refractivity contribution is 5.88. The van der Waals surface area contributed by atoms with Crippen LogP contribution in [0.3, 0.4) is 0 Å². The molecule has 222 valence electrons. The van der Waals surface area contributed by atoms with Crippen LogP contribution in [0.5, 0.6) is 23.0 Å². The van der Waals surface area contributed by atoms with Crippen LogP contribution >= 0.6 is 0 Å². The van der Waals surface area contributed by atoms with Gasteiger partial charge in [0.1, 0.15) is 64.3 Å². The molecule has 0 saturated carbocycles. The predicted molar refractivity (Wildman–Crippen MR) is 134 cm³/mol. The van der Waals surface area contributed by atoms with Gasteiger partial charge in [0.05, 0.1) is 19.8 Å². The first-order valence-electron chi connectivity index (χ1n) is 12.4. The van der Waals surface area contributed by atoms with Gasteiger partial charge in [0.2, 0.25) is 17.5 Å². The monoisotopic (exact) mass is 580 g/mol. The lowest BCUT2D eigenvalue weighted by Gasteiger charge is -2.40. The van der Waals surface area contributed by atoms with Crippen LogP contribution < -0.4 is 10.2 Å². The Hall–Kier alpha value is -3.51. The van der Waals surface area contributed by atoms with E-state index in [1.807, 2.05) is 0 Å². The molecule has 0 radical (unpaired) electrons. The zero-order valence-electron chi connectivity index (χ0n) is 21.1. The normalized spacial score (nSPS) is 31.9. The highest BCUT2D eigenvalue weighted by Crippen LogP contribution is 2.37. The van der Waals surface area contributed by atoms with E-state index >= 15 is 0 Å². The van der Waals surface area contributed by atoms with E-state index in [0.717, 1.165) is 12.1 Å². The van der Waals surface area contributed by atoms with Crippen LogP contribution in [0.2, 0.25) is 0 Å². The zero-order valence-corrected chi connectivity index (χ0v) is 21.1. The Morgan fingerprint density at radius 3 is 2.29 bits per heavy atom. The molecule has 2 fully saturated rings. The molecule has 8 atom stereocenters. The molecule has 15 heteroatoms. The van der Waals surface area contributed by atoms with Gasteiger partial charge in [-0.05, 0) is 24.3 Å². The number of phenolic OH excluding ortho intramolecular Hbond substituents is 3. The molecular weight excluding hydrogens is 552 g/mol. The van der Waals surface area contributed by atoms with Gasteiger partial charge in [-0.3, -0.25) is 4.79 Å². The minimum absolute atomic E-state index is 0.102. The number of ether oxygens (including phenoxy) is 4. The van der Waals surface area contributed by atoms with Crippen molar-refractivity contribution in [2.24, 2.45) is 0 Å². The number of fused-ring (bicyclic) bond motifs is 1. The first kappa shape index (κ1) is 29.0. The molecular formula is C26H28O15. The summed E-state index contributed by atoms with van der Waals surface area (Å²) in [7, 11) is 0. The standard InChI is InChI=1S/C26H28O15/c27-8-26(36)9-38-25(23(26)35)37-7-15-17(31)19(33)20(34)24(40-15)41-22-18(32)16-13(30)5-12(29)6-14(16)39-21(22)10-1-3-11(28)4-2-10/h1-6,15,17,19-20,23-25,27-31,33-36H,7-9H2/t15-,17-,19+,20-,23-,24+,25+,26-/m1/s1. The molecule has 0 aliphatic carbocycles. The van der Waals surface area contributed by atoms with Gasteiger partial charge in [0.25, 0.3) is 0 Å². The topological polar surface area (TPSA) is 249 Å². The van der Waals surface area contributed by atoms with Gasteiger partial charge in [-0.1, -0.05) is 0 Å². The highest BCUT2D eigenvalue weighted by atomic mass is 16.7. The quantitative estimate of drug-likeness (QED) is 0.150. The van der Waals surface area contributed by atoms with Crippen LogP contribution in [0.15, 0.2) is 45.6 Å². The maximum atomic E-state index is 13.5. The van der Waals surface area contributed by atoms with Gasteiger partial charge >= 0.3 is 0 Å². The Kier molecular flexibility index (Phi) is 7.82. The fourth-order valence-corrected chi connectivity index (χ4v) is 4.57. The Morgan fingerprint density at radius 2 is 1.63 bits per heavy atom. The number of aromatic hydroxyl groups is 3. The van der Waals surface area contributed by atoms with E-state index in [-0.39, 0.29) is 28.0 Å². The predicted octanol–water partition coefficient (Wildman–Crippen LogP) is -1.78. The number of phenols is 3. The molecule has 2 aromatic carbocycles. The molecule has 3 heterocycles. The molecule has 15 nitrogen and oxygen atoms in total. The Labute approximate surface area is 230 Å². The fraction of sp³-hybridized carbons (Fsp3) is 0.423. The van der Waals surface area contributed by atoms with Crippen molar-refractivity contribution in [2.75, 3.05) is 19.8 Å². The maximum Gasteiger partial charge on any atom is 0.239 e. The molecule has 9 N–H and O–H groups in total. The van der Waals surface area contributed by atoms with Crippen LogP contribution in [0, 0.1) is 0 Å². The van der Waals surface area contributed by atoms with E-state index in [1.165, 1.54) is 24.3 Å². The number of aliphatic hydroxyl groups excluding tert-OH is 5. The van der Waals surface area contributed by atoms with Crippen molar-refractivity contribution in [3.63, 3.8) is 0 Å². The number of rotatable bonds is 7. The van der Waals surface area contributed by atoms with E-state index in [4.69, 9.17) is 23.4 Å². The summed E-state index contributed by atoms with van der Waals surface area (Å²) in [4.78, 5) is 13.5. The molecule has 0 amide bonds. The molecule has 0 unspecified atom stereocenters. The van der Waals surface area contributed by atoms with Gasteiger partial charge < -0.3 is 69.3 Å². The lowest BCUT2D eigenvalue weighted by molar-refractivity contribution is -0.289.